The highest BCUT2D eigenvalue weighted by Gasteiger charge is 2.39. The molecule has 142 valence electrons. The second-order valence-electron chi connectivity index (χ2n) is 6.25. The van der Waals surface area contributed by atoms with E-state index in [0.29, 0.717) is 21.6 Å². The molecule has 1 aliphatic heterocycles. The molecule has 0 saturated heterocycles. The first-order valence-electron chi connectivity index (χ1n) is 8.19. The van der Waals surface area contributed by atoms with Crippen molar-refractivity contribution < 1.29 is 14.3 Å². The van der Waals surface area contributed by atoms with Crippen molar-refractivity contribution in [1.82, 2.24) is 14.7 Å². The Kier molecular flexibility index (Phi) is 5.53. The fourth-order valence-corrected chi connectivity index (χ4v) is 3.45. The van der Waals surface area contributed by atoms with Gasteiger partial charge in [0.25, 0.3) is 0 Å². The van der Waals surface area contributed by atoms with Gasteiger partial charge in [-0.2, -0.15) is 5.10 Å². The number of likely N-dealkylation sites (N-methyl/N-ethyl adjacent to an activating group) is 1. The molecule has 0 saturated carbocycles. The minimum absolute atomic E-state index is 0.154. The van der Waals surface area contributed by atoms with Crippen LogP contribution in [0.25, 0.3) is 0 Å². The number of ether oxygens (including phenoxy) is 1. The van der Waals surface area contributed by atoms with E-state index in [9.17, 15) is 9.59 Å². The number of methoxy groups -OCH3 is 1. The van der Waals surface area contributed by atoms with Crippen LogP contribution in [-0.4, -0.2) is 53.0 Å². The predicted octanol–water partition coefficient (Wildman–Crippen LogP) is 3.13. The molecule has 2 atom stereocenters. The smallest absolute Gasteiger partial charge is 0.325 e. The Morgan fingerprint density at radius 2 is 2.00 bits per heavy atom. The number of carbonyl (C=O) groups is 2. The zero-order valence-corrected chi connectivity index (χ0v) is 16.5. The van der Waals surface area contributed by atoms with Crippen molar-refractivity contribution in [3.63, 3.8) is 0 Å². The third kappa shape index (κ3) is 3.70. The zero-order valence-electron chi connectivity index (χ0n) is 15.0. The number of fused-ring (bicyclic) bond motifs is 1. The lowest BCUT2D eigenvalue weighted by Crippen LogP contribution is -2.44. The molecule has 2 unspecified atom stereocenters. The van der Waals surface area contributed by atoms with Crippen LogP contribution < -0.4 is 0 Å². The SMILES string of the molecule is COC(=O)CN(C)C(=O)C1C(C)=Nc2ccnn2C1c1ccc(Cl)c(Cl)c1. The van der Waals surface area contributed by atoms with Crippen molar-refractivity contribution in [3.8, 4) is 0 Å². The highest BCUT2D eigenvalue weighted by molar-refractivity contribution is 6.42. The predicted molar refractivity (Wildman–Crippen MR) is 103 cm³/mol. The fourth-order valence-electron chi connectivity index (χ4n) is 3.15. The van der Waals surface area contributed by atoms with E-state index >= 15 is 0 Å². The highest BCUT2D eigenvalue weighted by Crippen LogP contribution is 2.38. The van der Waals surface area contributed by atoms with E-state index in [-0.39, 0.29) is 12.5 Å². The molecule has 0 fully saturated rings. The van der Waals surface area contributed by atoms with Crippen molar-refractivity contribution in [2.24, 2.45) is 10.9 Å². The molecule has 3 rings (SSSR count). The molecule has 0 N–H and O–H groups in total. The van der Waals surface area contributed by atoms with Crippen LogP contribution >= 0.6 is 23.2 Å². The van der Waals surface area contributed by atoms with Gasteiger partial charge in [0.15, 0.2) is 5.82 Å². The van der Waals surface area contributed by atoms with Crippen molar-refractivity contribution >= 4 is 46.6 Å². The third-order valence-corrected chi connectivity index (χ3v) is 5.23. The molecule has 2 aromatic rings. The van der Waals surface area contributed by atoms with Crippen molar-refractivity contribution in [2.75, 3.05) is 20.7 Å². The molecule has 1 amide bonds. The van der Waals surface area contributed by atoms with E-state index in [0.717, 1.165) is 5.56 Å². The summed E-state index contributed by atoms with van der Waals surface area (Å²) in [7, 11) is 2.83. The second-order valence-corrected chi connectivity index (χ2v) is 7.07. The average Bonchev–Trinajstić information content (AvgIpc) is 3.10. The number of esters is 1. The number of aromatic nitrogens is 2. The number of carbonyl (C=O) groups excluding carboxylic acids is 2. The molecule has 1 aromatic heterocycles. The van der Waals surface area contributed by atoms with Gasteiger partial charge in [0, 0.05) is 18.8 Å². The maximum atomic E-state index is 13.2. The molecule has 1 aromatic carbocycles. The van der Waals surface area contributed by atoms with Crippen molar-refractivity contribution in [1.29, 1.82) is 0 Å². The van der Waals surface area contributed by atoms with Gasteiger partial charge in [-0.3, -0.25) is 9.59 Å². The van der Waals surface area contributed by atoms with Crippen LogP contribution in [0.1, 0.15) is 18.5 Å². The first kappa shape index (κ1) is 19.4. The van der Waals surface area contributed by atoms with E-state index in [1.165, 1.54) is 12.0 Å². The normalized spacial score (nSPS) is 18.5. The van der Waals surface area contributed by atoms with E-state index in [4.69, 9.17) is 23.2 Å². The standard InChI is InChI=1S/C18H18Cl2N4O3/c1-10-16(18(26)23(2)9-15(25)27-3)17(24-14(22-10)6-7-21-24)11-4-5-12(19)13(20)8-11/h4-8,16-17H,9H2,1-3H3. The Morgan fingerprint density at radius 1 is 1.26 bits per heavy atom. The van der Waals surface area contributed by atoms with Crippen LogP contribution in [0.2, 0.25) is 10.0 Å². The maximum absolute atomic E-state index is 13.2. The number of benzene rings is 1. The van der Waals surface area contributed by atoms with Crippen molar-refractivity contribution in [2.45, 2.75) is 13.0 Å². The number of halogens is 2. The van der Waals surface area contributed by atoms with Gasteiger partial charge < -0.3 is 9.64 Å². The molecule has 0 bridgehead atoms. The topological polar surface area (TPSA) is 76.8 Å². The summed E-state index contributed by atoms with van der Waals surface area (Å²) in [6.45, 7) is 1.63. The quantitative estimate of drug-likeness (QED) is 0.728. The first-order chi connectivity index (χ1) is 12.8. The van der Waals surface area contributed by atoms with Crippen LogP contribution in [0.15, 0.2) is 35.5 Å². The first-order valence-corrected chi connectivity index (χ1v) is 8.94. The van der Waals surface area contributed by atoms with E-state index in [1.54, 1.807) is 43.0 Å². The van der Waals surface area contributed by atoms with Crippen molar-refractivity contribution in [3.05, 3.63) is 46.1 Å². The number of amides is 1. The molecular weight excluding hydrogens is 391 g/mol. The molecule has 27 heavy (non-hydrogen) atoms. The summed E-state index contributed by atoms with van der Waals surface area (Å²) in [5.41, 5.74) is 1.40. The van der Waals surface area contributed by atoms with Crippen LogP contribution in [0.3, 0.4) is 0 Å². The van der Waals surface area contributed by atoms with Gasteiger partial charge in [-0.1, -0.05) is 29.3 Å². The van der Waals surface area contributed by atoms with E-state index < -0.39 is 17.9 Å². The van der Waals surface area contributed by atoms with Gasteiger partial charge in [-0.25, -0.2) is 9.67 Å². The summed E-state index contributed by atoms with van der Waals surface area (Å²) in [6, 6.07) is 6.52. The summed E-state index contributed by atoms with van der Waals surface area (Å²) in [5, 5.41) is 5.15. The zero-order chi connectivity index (χ0) is 19.7. The lowest BCUT2D eigenvalue weighted by atomic mass is 9.87. The fraction of sp³-hybridized carbons (Fsp3) is 0.333. The van der Waals surface area contributed by atoms with Crippen LogP contribution in [0.4, 0.5) is 5.82 Å². The lowest BCUT2D eigenvalue weighted by Gasteiger charge is -2.33. The summed E-state index contributed by atoms with van der Waals surface area (Å²) in [4.78, 5) is 30.6. The molecular formula is C18H18Cl2N4O3. The van der Waals surface area contributed by atoms with Gasteiger partial charge in [-0.05, 0) is 24.6 Å². The number of aliphatic imine (C=N–C) groups is 1. The lowest BCUT2D eigenvalue weighted by molar-refractivity contribution is -0.147. The molecule has 0 aliphatic carbocycles. The van der Waals surface area contributed by atoms with E-state index in [1.807, 2.05) is 6.07 Å². The Hall–Kier alpha value is -2.38. The summed E-state index contributed by atoms with van der Waals surface area (Å²) < 4.78 is 6.34. The van der Waals surface area contributed by atoms with E-state index in [2.05, 4.69) is 14.8 Å². The number of hydrogen-bond donors (Lipinski definition) is 0. The Bertz CT molecular complexity index is 925. The Labute approximate surface area is 166 Å². The van der Waals surface area contributed by atoms with Gasteiger partial charge in [-0.15, -0.1) is 0 Å². The number of hydrogen-bond acceptors (Lipinski definition) is 5. The largest absolute Gasteiger partial charge is 0.468 e. The molecule has 1 aliphatic rings. The average molecular weight is 409 g/mol. The van der Waals surface area contributed by atoms with Gasteiger partial charge in [0.05, 0.1) is 29.4 Å². The van der Waals surface area contributed by atoms with Crippen LogP contribution in [0, 0.1) is 5.92 Å². The molecule has 2 heterocycles. The minimum Gasteiger partial charge on any atom is -0.468 e. The number of nitrogens with zero attached hydrogens (tertiary/aromatic N) is 4. The molecule has 7 nitrogen and oxygen atoms in total. The number of rotatable bonds is 4. The van der Waals surface area contributed by atoms with Crippen LogP contribution in [0.5, 0.6) is 0 Å². The summed E-state index contributed by atoms with van der Waals surface area (Å²) in [6.07, 6.45) is 1.63. The monoisotopic (exact) mass is 408 g/mol. The minimum atomic E-state index is -0.649. The molecule has 0 spiro atoms. The third-order valence-electron chi connectivity index (χ3n) is 4.49. The van der Waals surface area contributed by atoms with Crippen LogP contribution in [-0.2, 0) is 14.3 Å². The van der Waals surface area contributed by atoms with Gasteiger partial charge in [0.1, 0.15) is 12.5 Å². The summed E-state index contributed by atoms with van der Waals surface area (Å²) >= 11 is 12.2. The Balaban J connectivity index is 2.05. The second kappa shape index (κ2) is 7.70. The maximum Gasteiger partial charge on any atom is 0.325 e. The Morgan fingerprint density at radius 3 is 2.67 bits per heavy atom. The summed E-state index contributed by atoms with van der Waals surface area (Å²) in [5.74, 6) is -0.770. The molecule has 9 heteroatoms. The highest BCUT2D eigenvalue weighted by atomic mass is 35.5. The molecule has 0 radical (unpaired) electrons. The van der Waals surface area contributed by atoms with Gasteiger partial charge >= 0.3 is 5.97 Å². The van der Waals surface area contributed by atoms with Gasteiger partial charge in [0.2, 0.25) is 5.91 Å².